The van der Waals surface area contributed by atoms with E-state index < -0.39 is 11.8 Å². The van der Waals surface area contributed by atoms with E-state index in [0.717, 1.165) is 6.42 Å². The lowest BCUT2D eigenvalue weighted by atomic mass is 10.2. The molecule has 0 saturated carbocycles. The summed E-state index contributed by atoms with van der Waals surface area (Å²) in [6.07, 6.45) is 0.911. The normalized spacial score (nSPS) is 11.2. The number of hydrogen-bond donors (Lipinski definition) is 2. The Morgan fingerprint density at radius 3 is 2.48 bits per heavy atom. The largest absolute Gasteiger partial charge is 0.493 e. The standard InChI is InChI=1S/C20H24N2O5/c1-4-14(2)27-16-9-7-8-15(12-16)20(24)22-21-19(23)13-26-18-11-6-5-10-17(18)25-3/h5-12,14H,4,13H2,1-3H3,(H,21,23)(H,22,24). The zero-order chi connectivity index (χ0) is 19.6. The SMILES string of the molecule is CCC(C)Oc1cccc(C(=O)NNC(=O)COc2ccccc2OC)c1. The quantitative estimate of drug-likeness (QED) is 0.696. The van der Waals surface area contributed by atoms with Crippen molar-refractivity contribution in [3.05, 3.63) is 54.1 Å². The van der Waals surface area contributed by atoms with Crippen LogP contribution >= 0.6 is 0 Å². The Bertz CT molecular complexity index is 778. The lowest BCUT2D eigenvalue weighted by molar-refractivity contribution is -0.123. The van der Waals surface area contributed by atoms with Crippen LogP contribution < -0.4 is 25.1 Å². The Morgan fingerprint density at radius 2 is 1.78 bits per heavy atom. The fourth-order valence-electron chi connectivity index (χ4n) is 2.14. The average molecular weight is 372 g/mol. The second-order valence-electron chi connectivity index (χ2n) is 5.81. The minimum absolute atomic E-state index is 0.0511. The van der Waals surface area contributed by atoms with Crippen LogP contribution in [-0.4, -0.2) is 31.6 Å². The summed E-state index contributed by atoms with van der Waals surface area (Å²) < 4.78 is 16.2. The highest BCUT2D eigenvalue weighted by molar-refractivity contribution is 5.95. The van der Waals surface area contributed by atoms with Crippen molar-refractivity contribution in [1.82, 2.24) is 10.9 Å². The molecule has 27 heavy (non-hydrogen) atoms. The van der Waals surface area contributed by atoms with Gasteiger partial charge in [-0.25, -0.2) is 0 Å². The monoisotopic (exact) mass is 372 g/mol. The van der Waals surface area contributed by atoms with E-state index >= 15 is 0 Å². The van der Waals surface area contributed by atoms with E-state index in [-0.39, 0.29) is 12.7 Å². The highest BCUT2D eigenvalue weighted by Crippen LogP contribution is 2.25. The van der Waals surface area contributed by atoms with Gasteiger partial charge in [-0.05, 0) is 43.7 Å². The summed E-state index contributed by atoms with van der Waals surface area (Å²) in [5.41, 5.74) is 5.04. The second-order valence-corrected chi connectivity index (χ2v) is 5.81. The second kappa shape index (κ2) is 10.1. The molecule has 0 aromatic heterocycles. The van der Waals surface area contributed by atoms with Crippen LogP contribution in [0, 0.1) is 0 Å². The van der Waals surface area contributed by atoms with Crippen molar-refractivity contribution >= 4 is 11.8 Å². The number of hydrazine groups is 1. The summed E-state index contributed by atoms with van der Waals surface area (Å²) in [5, 5.41) is 0. The van der Waals surface area contributed by atoms with Crippen LogP contribution in [0.1, 0.15) is 30.6 Å². The van der Waals surface area contributed by atoms with Crippen LogP contribution in [0.4, 0.5) is 0 Å². The zero-order valence-electron chi connectivity index (χ0n) is 15.7. The van der Waals surface area contributed by atoms with Gasteiger partial charge in [-0.15, -0.1) is 0 Å². The molecular weight excluding hydrogens is 348 g/mol. The molecule has 0 aliphatic carbocycles. The van der Waals surface area contributed by atoms with Crippen LogP contribution in [0.25, 0.3) is 0 Å². The van der Waals surface area contributed by atoms with Crippen LogP contribution in [0.5, 0.6) is 17.2 Å². The number of methoxy groups -OCH3 is 1. The molecule has 0 bridgehead atoms. The fraction of sp³-hybridized carbons (Fsp3) is 0.300. The number of hydrogen-bond acceptors (Lipinski definition) is 5. The van der Waals surface area contributed by atoms with Crippen LogP contribution in [-0.2, 0) is 4.79 Å². The first-order valence-electron chi connectivity index (χ1n) is 8.65. The molecule has 0 aliphatic rings. The minimum atomic E-state index is -0.499. The summed E-state index contributed by atoms with van der Waals surface area (Å²) in [6.45, 7) is 3.70. The molecule has 7 nitrogen and oxygen atoms in total. The average Bonchev–Trinajstić information content (AvgIpc) is 2.70. The number of ether oxygens (including phenoxy) is 3. The molecule has 7 heteroatoms. The Morgan fingerprint density at radius 1 is 1.04 bits per heavy atom. The van der Waals surface area contributed by atoms with Gasteiger partial charge < -0.3 is 14.2 Å². The van der Waals surface area contributed by atoms with Gasteiger partial charge in [-0.2, -0.15) is 0 Å². The summed E-state index contributed by atoms with van der Waals surface area (Å²) in [4.78, 5) is 24.1. The molecule has 2 amide bonds. The Kier molecular flexibility index (Phi) is 7.49. The predicted octanol–water partition coefficient (Wildman–Crippen LogP) is 2.71. The highest BCUT2D eigenvalue weighted by Gasteiger charge is 2.11. The number of nitrogens with one attached hydrogen (secondary N) is 2. The molecule has 144 valence electrons. The van der Waals surface area contributed by atoms with E-state index in [1.165, 1.54) is 7.11 Å². The molecule has 0 fully saturated rings. The summed E-state index contributed by atoms with van der Waals surface area (Å²) >= 11 is 0. The van der Waals surface area contributed by atoms with Crippen LogP contribution in [0.3, 0.4) is 0 Å². The molecule has 0 saturated heterocycles. The third-order valence-corrected chi connectivity index (χ3v) is 3.75. The highest BCUT2D eigenvalue weighted by atomic mass is 16.5. The first kappa shape index (κ1) is 20.1. The predicted molar refractivity (Wildman–Crippen MR) is 101 cm³/mol. The van der Waals surface area contributed by atoms with Gasteiger partial charge in [-0.1, -0.05) is 25.1 Å². The number of benzene rings is 2. The van der Waals surface area contributed by atoms with Crippen LogP contribution in [0.15, 0.2) is 48.5 Å². The van der Waals surface area contributed by atoms with Gasteiger partial charge in [0.15, 0.2) is 18.1 Å². The number of amides is 2. The zero-order valence-corrected chi connectivity index (χ0v) is 15.7. The van der Waals surface area contributed by atoms with Gasteiger partial charge in [0.25, 0.3) is 11.8 Å². The summed E-state index contributed by atoms with van der Waals surface area (Å²) in [5.74, 6) is 0.614. The van der Waals surface area contributed by atoms with E-state index in [2.05, 4.69) is 10.9 Å². The van der Waals surface area contributed by atoms with E-state index in [1.807, 2.05) is 13.8 Å². The maximum absolute atomic E-state index is 12.2. The van der Waals surface area contributed by atoms with Crippen molar-refractivity contribution in [2.45, 2.75) is 26.4 Å². The molecule has 1 atom stereocenters. The summed E-state index contributed by atoms with van der Waals surface area (Å²) in [7, 11) is 1.52. The van der Waals surface area contributed by atoms with E-state index in [1.54, 1.807) is 48.5 Å². The van der Waals surface area contributed by atoms with Crippen molar-refractivity contribution in [1.29, 1.82) is 0 Å². The lowest BCUT2D eigenvalue weighted by Gasteiger charge is -2.14. The molecule has 0 heterocycles. The minimum Gasteiger partial charge on any atom is -0.493 e. The molecule has 2 rings (SSSR count). The van der Waals surface area contributed by atoms with Gasteiger partial charge in [0.1, 0.15) is 5.75 Å². The Hall–Kier alpha value is -3.22. The van der Waals surface area contributed by atoms with E-state index in [4.69, 9.17) is 14.2 Å². The lowest BCUT2D eigenvalue weighted by Crippen LogP contribution is -2.43. The molecular formula is C20H24N2O5. The number of carbonyl (C=O) groups is 2. The maximum atomic E-state index is 12.2. The van der Waals surface area contributed by atoms with Crippen molar-refractivity contribution in [3.8, 4) is 17.2 Å². The van der Waals surface area contributed by atoms with Gasteiger partial charge in [0.2, 0.25) is 0 Å². The maximum Gasteiger partial charge on any atom is 0.276 e. The Labute approximate surface area is 158 Å². The molecule has 0 spiro atoms. The van der Waals surface area contributed by atoms with Crippen molar-refractivity contribution in [2.24, 2.45) is 0 Å². The number of rotatable bonds is 8. The first-order chi connectivity index (χ1) is 13.0. The number of carbonyl (C=O) groups excluding carboxylic acids is 2. The van der Waals surface area contributed by atoms with E-state index in [0.29, 0.717) is 22.8 Å². The first-order valence-corrected chi connectivity index (χ1v) is 8.65. The molecule has 2 aromatic carbocycles. The van der Waals surface area contributed by atoms with Gasteiger partial charge in [0, 0.05) is 5.56 Å². The molecule has 2 N–H and O–H groups in total. The van der Waals surface area contributed by atoms with Crippen molar-refractivity contribution in [2.75, 3.05) is 13.7 Å². The fourth-order valence-corrected chi connectivity index (χ4v) is 2.14. The van der Waals surface area contributed by atoms with Crippen molar-refractivity contribution < 1.29 is 23.8 Å². The Balaban J connectivity index is 1.84. The van der Waals surface area contributed by atoms with Gasteiger partial charge in [-0.3, -0.25) is 20.4 Å². The topological polar surface area (TPSA) is 85.9 Å². The molecule has 0 aliphatic heterocycles. The van der Waals surface area contributed by atoms with Gasteiger partial charge >= 0.3 is 0 Å². The van der Waals surface area contributed by atoms with E-state index in [9.17, 15) is 9.59 Å². The number of para-hydroxylation sites is 2. The molecule has 2 aromatic rings. The molecule has 0 radical (unpaired) electrons. The molecule has 1 unspecified atom stereocenters. The third-order valence-electron chi connectivity index (χ3n) is 3.75. The smallest absolute Gasteiger partial charge is 0.276 e. The summed E-state index contributed by atoms with van der Waals surface area (Å²) in [6, 6.07) is 13.7. The van der Waals surface area contributed by atoms with Crippen molar-refractivity contribution in [3.63, 3.8) is 0 Å². The van der Waals surface area contributed by atoms with Crippen LogP contribution in [0.2, 0.25) is 0 Å². The van der Waals surface area contributed by atoms with Gasteiger partial charge in [0.05, 0.1) is 13.2 Å². The third kappa shape index (κ3) is 6.22.